The van der Waals surface area contributed by atoms with Crippen molar-refractivity contribution in [2.75, 3.05) is 19.0 Å². The summed E-state index contributed by atoms with van der Waals surface area (Å²) in [7, 11) is 0. The van der Waals surface area contributed by atoms with Crippen LogP contribution in [-0.2, 0) is 14.4 Å². The number of alkyl halides is 3. The number of ether oxygens (including phenoxy) is 2. The topological polar surface area (TPSA) is 87.9 Å². The van der Waals surface area contributed by atoms with Crippen LogP contribution in [0.3, 0.4) is 0 Å². The number of esters is 1. The number of hydrogen-bond acceptors (Lipinski definition) is 7. The smallest absolute Gasteiger partial charge is 0.443 e. The summed E-state index contributed by atoms with van der Waals surface area (Å²) in [5.74, 6) is -2.11. The van der Waals surface area contributed by atoms with Crippen molar-refractivity contribution in [3.63, 3.8) is 0 Å². The van der Waals surface area contributed by atoms with Gasteiger partial charge in [0.15, 0.2) is 0 Å². The molecule has 0 fully saturated rings. The number of carbonyl (C=O) groups excluding carboxylic acids is 1. The average Bonchev–Trinajstić information content (AvgIpc) is 2.57. The minimum absolute atomic E-state index is 0.0579. The zero-order chi connectivity index (χ0) is 21.1. The molecular weight excluding hydrogens is 450 g/mol. The van der Waals surface area contributed by atoms with E-state index >= 15 is 0 Å². The van der Waals surface area contributed by atoms with Gasteiger partial charge in [-0.15, -0.1) is 10.1 Å². The van der Waals surface area contributed by atoms with Crippen LogP contribution in [0, 0.1) is 10.1 Å². The summed E-state index contributed by atoms with van der Waals surface area (Å²) >= 11 is 11.9. The Morgan fingerprint density at radius 2 is 2.07 bits per heavy atom. The lowest BCUT2D eigenvalue weighted by Crippen LogP contribution is -2.53. The second-order valence-electron chi connectivity index (χ2n) is 5.21. The highest BCUT2D eigenvalue weighted by molar-refractivity contribution is 8.00. The normalized spacial score (nSPS) is 18.6. The third-order valence-corrected chi connectivity index (χ3v) is 5.20. The number of benzene rings is 1. The molecule has 0 aromatic heterocycles. The largest absolute Gasteiger partial charge is 0.462 e. The first-order valence-corrected chi connectivity index (χ1v) is 9.31. The van der Waals surface area contributed by atoms with Crippen LogP contribution in [-0.4, -0.2) is 41.1 Å². The number of carbonyl (C=O) groups is 1. The molecule has 0 radical (unpaired) electrons. The minimum atomic E-state index is -5.11. The second-order valence-corrected chi connectivity index (χ2v) is 7.32. The van der Waals surface area contributed by atoms with Gasteiger partial charge in [-0.2, -0.15) is 13.2 Å². The van der Waals surface area contributed by atoms with Gasteiger partial charge < -0.3 is 14.3 Å². The number of rotatable bonds is 7. The van der Waals surface area contributed by atoms with Crippen molar-refractivity contribution in [1.29, 1.82) is 0 Å². The molecule has 0 saturated carbocycles. The molecule has 1 heterocycles. The van der Waals surface area contributed by atoms with E-state index in [1.165, 1.54) is 19.1 Å². The Morgan fingerprint density at radius 3 is 2.64 bits per heavy atom. The van der Waals surface area contributed by atoms with E-state index in [0.29, 0.717) is 0 Å². The molecule has 0 aliphatic carbocycles. The van der Waals surface area contributed by atoms with Crippen molar-refractivity contribution in [3.05, 3.63) is 43.4 Å². The van der Waals surface area contributed by atoms with E-state index in [4.69, 9.17) is 32.7 Å². The quantitative estimate of drug-likeness (QED) is 0.255. The van der Waals surface area contributed by atoms with E-state index in [-0.39, 0.29) is 39.7 Å². The second kappa shape index (κ2) is 8.66. The molecule has 28 heavy (non-hydrogen) atoms. The van der Waals surface area contributed by atoms with Gasteiger partial charge in [-0.3, -0.25) is 0 Å². The third kappa shape index (κ3) is 4.58. The Balaban J connectivity index is 2.56. The summed E-state index contributed by atoms with van der Waals surface area (Å²) < 4.78 is 52.3. The standard InChI is InChI=1S/C15H12Cl2F3NO6S/c1-2-25-13(22)10-6-8-5-9(16)7-11(17)12(8)27-14(10,15(18,19)20)28-4-3-26-21(23)24/h5-7H,2-4H2,1H3. The number of nitrogens with zero attached hydrogens (tertiary/aromatic N) is 1. The van der Waals surface area contributed by atoms with Gasteiger partial charge >= 0.3 is 12.1 Å². The molecule has 154 valence electrons. The van der Waals surface area contributed by atoms with Gasteiger partial charge in [-0.25, -0.2) is 4.79 Å². The fraction of sp³-hybridized carbons (Fsp3) is 0.400. The van der Waals surface area contributed by atoms with Crippen LogP contribution in [0.25, 0.3) is 6.08 Å². The van der Waals surface area contributed by atoms with E-state index in [2.05, 4.69) is 4.84 Å². The first-order valence-electron chi connectivity index (χ1n) is 7.57. The summed E-state index contributed by atoms with van der Waals surface area (Å²) in [6.07, 6.45) is -4.17. The Morgan fingerprint density at radius 1 is 1.39 bits per heavy atom. The summed E-state index contributed by atoms with van der Waals surface area (Å²) in [4.78, 5) is 23.4. The summed E-state index contributed by atoms with van der Waals surface area (Å²) in [5.41, 5.74) is -0.790. The van der Waals surface area contributed by atoms with Crippen molar-refractivity contribution >= 4 is 47.0 Å². The maximum absolute atomic E-state index is 14.1. The fourth-order valence-electron chi connectivity index (χ4n) is 2.34. The van der Waals surface area contributed by atoms with Gasteiger partial charge in [0.05, 0.1) is 11.6 Å². The van der Waals surface area contributed by atoms with Crippen LogP contribution < -0.4 is 4.74 Å². The predicted octanol–water partition coefficient (Wildman–Crippen LogP) is 4.53. The Kier molecular flexibility index (Phi) is 6.94. The lowest BCUT2D eigenvalue weighted by molar-refractivity contribution is -0.756. The maximum atomic E-state index is 14.1. The highest BCUT2D eigenvalue weighted by Crippen LogP contribution is 2.53. The predicted molar refractivity (Wildman–Crippen MR) is 95.9 cm³/mol. The summed E-state index contributed by atoms with van der Waals surface area (Å²) in [6.45, 7) is 0.593. The Bertz CT molecular complexity index is 820. The highest BCUT2D eigenvalue weighted by Gasteiger charge is 2.64. The zero-order valence-electron chi connectivity index (χ0n) is 14.0. The van der Waals surface area contributed by atoms with Crippen LogP contribution in [0.5, 0.6) is 5.75 Å². The minimum Gasteiger partial charge on any atom is -0.462 e. The molecule has 0 amide bonds. The van der Waals surface area contributed by atoms with Crippen molar-refractivity contribution in [2.45, 2.75) is 18.0 Å². The van der Waals surface area contributed by atoms with Gasteiger partial charge in [0, 0.05) is 16.3 Å². The Hall–Kier alpha value is -1.85. The zero-order valence-corrected chi connectivity index (χ0v) is 16.4. The Labute approximate surface area is 170 Å². The molecule has 1 aromatic rings. The SMILES string of the molecule is CCOC(=O)C1=Cc2cc(Cl)cc(Cl)c2OC1(SCCO[N+](=O)[O-])C(F)(F)F. The van der Waals surface area contributed by atoms with Crippen LogP contribution in [0.15, 0.2) is 17.7 Å². The summed E-state index contributed by atoms with van der Waals surface area (Å²) in [5, 5.41) is 9.02. The summed E-state index contributed by atoms with van der Waals surface area (Å²) in [6, 6.07) is 2.47. The number of thioether (sulfide) groups is 1. The number of hydrogen-bond donors (Lipinski definition) is 0. The van der Waals surface area contributed by atoms with E-state index in [1.54, 1.807) is 0 Å². The molecule has 0 bridgehead atoms. The first-order chi connectivity index (χ1) is 13.0. The molecule has 1 aliphatic heterocycles. The van der Waals surface area contributed by atoms with E-state index in [1.807, 2.05) is 0 Å². The van der Waals surface area contributed by atoms with Gasteiger partial charge in [0.25, 0.3) is 10.0 Å². The first kappa shape index (κ1) is 22.4. The van der Waals surface area contributed by atoms with Crippen LogP contribution in [0.4, 0.5) is 13.2 Å². The number of halogens is 5. The van der Waals surface area contributed by atoms with Gasteiger partial charge in [0.2, 0.25) is 0 Å². The van der Waals surface area contributed by atoms with E-state index < -0.39 is 40.1 Å². The lowest BCUT2D eigenvalue weighted by Gasteiger charge is -2.39. The van der Waals surface area contributed by atoms with Crippen molar-refractivity contribution in [2.24, 2.45) is 0 Å². The van der Waals surface area contributed by atoms with Crippen LogP contribution in [0.1, 0.15) is 12.5 Å². The number of fused-ring (bicyclic) bond motifs is 1. The molecule has 1 aliphatic rings. The van der Waals surface area contributed by atoms with Gasteiger partial charge in [-0.05, 0) is 25.1 Å². The maximum Gasteiger partial charge on any atom is 0.443 e. The van der Waals surface area contributed by atoms with Gasteiger partial charge in [0.1, 0.15) is 17.9 Å². The van der Waals surface area contributed by atoms with Gasteiger partial charge in [-0.1, -0.05) is 35.0 Å². The molecule has 1 atom stereocenters. The van der Waals surface area contributed by atoms with Crippen LogP contribution >= 0.6 is 35.0 Å². The van der Waals surface area contributed by atoms with E-state index in [0.717, 1.165) is 6.08 Å². The fourth-order valence-corrected chi connectivity index (χ4v) is 3.94. The molecular formula is C15H12Cl2F3NO6S. The van der Waals surface area contributed by atoms with Crippen LogP contribution in [0.2, 0.25) is 10.0 Å². The molecule has 0 N–H and O–H groups in total. The highest BCUT2D eigenvalue weighted by atomic mass is 35.5. The molecule has 0 spiro atoms. The van der Waals surface area contributed by atoms with Crippen molar-refractivity contribution < 1.29 is 37.4 Å². The van der Waals surface area contributed by atoms with Crippen molar-refractivity contribution in [3.8, 4) is 5.75 Å². The molecule has 13 heteroatoms. The van der Waals surface area contributed by atoms with E-state index in [9.17, 15) is 28.1 Å². The lowest BCUT2D eigenvalue weighted by atomic mass is 10.0. The monoisotopic (exact) mass is 461 g/mol. The third-order valence-electron chi connectivity index (χ3n) is 3.39. The average molecular weight is 462 g/mol. The molecule has 7 nitrogen and oxygen atoms in total. The molecule has 2 rings (SSSR count). The molecule has 0 saturated heterocycles. The molecule has 1 aromatic carbocycles. The molecule has 1 unspecified atom stereocenters. The van der Waals surface area contributed by atoms with Crippen molar-refractivity contribution in [1.82, 2.24) is 0 Å².